The van der Waals surface area contributed by atoms with E-state index in [1.54, 1.807) is 17.2 Å². The number of hydrogen-bond acceptors (Lipinski definition) is 6. The van der Waals surface area contributed by atoms with E-state index in [9.17, 15) is 22.8 Å². The van der Waals surface area contributed by atoms with Crippen molar-refractivity contribution in [3.63, 3.8) is 0 Å². The predicted octanol–water partition coefficient (Wildman–Crippen LogP) is 2.71. The molecule has 0 aliphatic carbocycles. The number of hydrogen-bond donors (Lipinski definition) is 1. The zero-order chi connectivity index (χ0) is 22.2. The number of nitrogens with one attached hydrogen (secondary N) is 1. The molecule has 31 heavy (non-hydrogen) atoms. The highest BCUT2D eigenvalue weighted by Crippen LogP contribution is 2.31. The summed E-state index contributed by atoms with van der Waals surface area (Å²) in [5.41, 5.74) is 1.18. The van der Waals surface area contributed by atoms with Gasteiger partial charge in [0.15, 0.2) is 5.75 Å². The number of carbonyl (C=O) groups is 2. The minimum atomic E-state index is -4.36. The van der Waals surface area contributed by atoms with Gasteiger partial charge in [-0.25, -0.2) is 0 Å². The van der Waals surface area contributed by atoms with Gasteiger partial charge in [0.1, 0.15) is 0 Å². The molecule has 1 aromatic carbocycles. The Morgan fingerprint density at radius 3 is 2.68 bits per heavy atom. The monoisotopic (exact) mass is 434 g/mol. The van der Waals surface area contributed by atoms with Gasteiger partial charge in [0.2, 0.25) is 5.91 Å². The molecule has 10 heteroatoms. The van der Waals surface area contributed by atoms with Crippen LogP contribution >= 0.6 is 0 Å². The molecule has 164 valence electrons. The maximum absolute atomic E-state index is 12.8. The molecule has 0 unspecified atom stereocenters. The van der Waals surface area contributed by atoms with Gasteiger partial charge in [-0.3, -0.25) is 14.6 Å². The van der Waals surface area contributed by atoms with E-state index < -0.39 is 11.7 Å². The van der Waals surface area contributed by atoms with Gasteiger partial charge < -0.3 is 19.9 Å². The predicted molar refractivity (Wildman–Crippen MR) is 107 cm³/mol. The fourth-order valence-electron chi connectivity index (χ4n) is 3.79. The molecule has 1 fully saturated rings. The lowest BCUT2D eigenvalue weighted by molar-refractivity contribution is -0.137. The largest absolute Gasteiger partial charge is 0.424 e. The third-order valence-corrected chi connectivity index (χ3v) is 5.42. The molecule has 2 aliphatic heterocycles. The van der Waals surface area contributed by atoms with Crippen LogP contribution in [-0.4, -0.2) is 54.0 Å². The molecule has 3 heterocycles. The zero-order valence-electron chi connectivity index (χ0n) is 16.8. The lowest BCUT2D eigenvalue weighted by atomic mass is 10.1. The summed E-state index contributed by atoms with van der Waals surface area (Å²) in [7, 11) is 0. The third-order valence-electron chi connectivity index (χ3n) is 5.42. The van der Waals surface area contributed by atoms with Gasteiger partial charge in [-0.05, 0) is 31.2 Å². The molecule has 1 saturated heterocycles. The van der Waals surface area contributed by atoms with E-state index in [0.717, 1.165) is 12.1 Å². The molecule has 1 amide bonds. The smallest absolute Gasteiger partial charge is 0.416 e. The summed E-state index contributed by atoms with van der Waals surface area (Å²) in [6.45, 7) is 3.44. The number of nitrogens with zero attached hydrogens (tertiary/aromatic N) is 3. The van der Waals surface area contributed by atoms with Gasteiger partial charge in [0, 0.05) is 37.4 Å². The first-order chi connectivity index (χ1) is 14.7. The molecule has 2 aliphatic rings. The van der Waals surface area contributed by atoms with Gasteiger partial charge >= 0.3 is 12.1 Å². The van der Waals surface area contributed by atoms with Crippen molar-refractivity contribution in [3.8, 4) is 5.75 Å². The Morgan fingerprint density at radius 1 is 1.26 bits per heavy atom. The van der Waals surface area contributed by atoms with Crippen LogP contribution in [0.15, 0.2) is 36.5 Å². The van der Waals surface area contributed by atoms with E-state index in [1.165, 1.54) is 12.1 Å². The van der Waals surface area contributed by atoms with Crippen molar-refractivity contribution in [1.82, 2.24) is 9.88 Å². The number of amides is 1. The number of rotatable bonds is 4. The summed E-state index contributed by atoms with van der Waals surface area (Å²) >= 11 is 0. The van der Waals surface area contributed by atoms with Crippen molar-refractivity contribution in [2.75, 3.05) is 36.4 Å². The van der Waals surface area contributed by atoms with E-state index in [-0.39, 0.29) is 30.9 Å². The molecular formula is C21H21F3N4O3. The quantitative estimate of drug-likeness (QED) is 0.746. The van der Waals surface area contributed by atoms with Gasteiger partial charge in [-0.1, -0.05) is 0 Å². The molecule has 7 nitrogen and oxygen atoms in total. The molecule has 0 saturated carbocycles. The van der Waals surface area contributed by atoms with E-state index in [1.807, 2.05) is 11.8 Å². The van der Waals surface area contributed by atoms with E-state index in [2.05, 4.69) is 10.3 Å². The van der Waals surface area contributed by atoms with Gasteiger partial charge in [-0.2, -0.15) is 13.2 Å². The molecule has 0 bridgehead atoms. The van der Waals surface area contributed by atoms with Crippen LogP contribution in [-0.2, 0) is 22.2 Å². The third kappa shape index (κ3) is 4.57. The molecule has 4 rings (SSSR count). The van der Waals surface area contributed by atoms with Gasteiger partial charge in [-0.15, -0.1) is 0 Å². The number of piperazine rings is 1. The first-order valence-corrected chi connectivity index (χ1v) is 9.86. The molecular weight excluding hydrogens is 413 g/mol. The van der Waals surface area contributed by atoms with Crippen LogP contribution < -0.4 is 15.0 Å². The normalized spacial score (nSPS) is 18.6. The highest BCUT2D eigenvalue weighted by atomic mass is 19.4. The summed E-state index contributed by atoms with van der Waals surface area (Å²) in [6, 6.07) is 6.68. The van der Waals surface area contributed by atoms with Crippen molar-refractivity contribution in [3.05, 3.63) is 47.8 Å². The van der Waals surface area contributed by atoms with E-state index in [0.29, 0.717) is 42.5 Å². The number of benzene rings is 1. The van der Waals surface area contributed by atoms with Crippen LogP contribution in [0, 0.1) is 0 Å². The highest BCUT2D eigenvalue weighted by Gasteiger charge is 2.31. The van der Waals surface area contributed by atoms with Gasteiger partial charge in [0.05, 0.1) is 36.1 Å². The number of alkyl halides is 3. The van der Waals surface area contributed by atoms with Crippen LogP contribution in [0.3, 0.4) is 0 Å². The molecule has 0 radical (unpaired) electrons. The van der Waals surface area contributed by atoms with Crippen LogP contribution in [0.25, 0.3) is 0 Å². The number of esters is 1. The van der Waals surface area contributed by atoms with Crippen molar-refractivity contribution >= 4 is 23.3 Å². The number of pyridine rings is 1. The average Bonchev–Trinajstić information content (AvgIpc) is 3.10. The number of aromatic nitrogens is 1. The standard InChI is InChI=1S/C21H21F3N4O3/c1-13-12-27(6-7-28(13)16-4-2-14(3-5-16)21(22,23)24)19(29)11-25-15-8-18-17(26-10-15)9-20(30)31-18/h2-5,8,10,13,25H,6-7,9,11-12H2,1H3/t13-/m1/s1. The summed E-state index contributed by atoms with van der Waals surface area (Å²) in [4.78, 5) is 31.8. The highest BCUT2D eigenvalue weighted by molar-refractivity contribution is 5.82. The lowest BCUT2D eigenvalue weighted by Crippen LogP contribution is -2.54. The van der Waals surface area contributed by atoms with E-state index >= 15 is 0 Å². The van der Waals surface area contributed by atoms with Crippen molar-refractivity contribution in [2.45, 2.75) is 25.6 Å². The maximum atomic E-state index is 12.8. The van der Waals surface area contributed by atoms with Crippen LogP contribution in [0.2, 0.25) is 0 Å². The number of fused-ring (bicyclic) bond motifs is 1. The molecule has 1 aromatic heterocycles. The van der Waals surface area contributed by atoms with E-state index in [4.69, 9.17) is 4.74 Å². The van der Waals surface area contributed by atoms with Crippen LogP contribution in [0.5, 0.6) is 5.75 Å². The number of carbonyl (C=O) groups excluding carboxylic acids is 2. The lowest BCUT2D eigenvalue weighted by Gasteiger charge is -2.41. The Morgan fingerprint density at radius 2 is 2.00 bits per heavy atom. The number of halogens is 3. The summed E-state index contributed by atoms with van der Waals surface area (Å²) in [5, 5.41) is 3.00. The van der Waals surface area contributed by atoms with Gasteiger partial charge in [0.25, 0.3) is 0 Å². The van der Waals surface area contributed by atoms with Crippen molar-refractivity contribution < 1.29 is 27.5 Å². The minimum absolute atomic E-state index is 0.0458. The molecule has 0 spiro atoms. The Kier molecular flexibility index (Phi) is 5.47. The van der Waals surface area contributed by atoms with Crippen molar-refractivity contribution in [2.24, 2.45) is 0 Å². The summed E-state index contributed by atoms with van der Waals surface area (Å²) in [6.07, 6.45) is -2.66. The molecule has 1 atom stereocenters. The summed E-state index contributed by atoms with van der Waals surface area (Å²) < 4.78 is 43.4. The Labute approximate surface area is 176 Å². The zero-order valence-corrected chi connectivity index (χ0v) is 16.8. The maximum Gasteiger partial charge on any atom is 0.416 e. The number of anilines is 2. The fraction of sp³-hybridized carbons (Fsp3) is 0.381. The fourth-order valence-corrected chi connectivity index (χ4v) is 3.79. The SMILES string of the molecule is C[C@@H]1CN(C(=O)CNc2cnc3c(c2)OC(=O)C3)CCN1c1ccc(C(F)(F)F)cc1. The minimum Gasteiger partial charge on any atom is -0.424 e. The number of ether oxygens (including phenoxy) is 1. The Hall–Kier alpha value is -3.30. The van der Waals surface area contributed by atoms with Crippen LogP contribution in [0.4, 0.5) is 24.5 Å². The average molecular weight is 434 g/mol. The first-order valence-electron chi connectivity index (χ1n) is 9.86. The summed E-state index contributed by atoms with van der Waals surface area (Å²) in [5.74, 6) is -0.0479. The second-order valence-electron chi connectivity index (χ2n) is 7.60. The molecule has 1 N–H and O–H groups in total. The second kappa shape index (κ2) is 8.09. The Bertz CT molecular complexity index is 994. The van der Waals surface area contributed by atoms with Crippen molar-refractivity contribution in [1.29, 1.82) is 0 Å². The van der Waals surface area contributed by atoms with Crippen LogP contribution in [0.1, 0.15) is 18.2 Å². The topological polar surface area (TPSA) is 74.8 Å². The Balaban J connectivity index is 1.32. The first kappa shape index (κ1) is 21.0. The molecule has 2 aromatic rings. The second-order valence-corrected chi connectivity index (χ2v) is 7.60.